The molecule has 0 aliphatic heterocycles. The summed E-state index contributed by atoms with van der Waals surface area (Å²) < 4.78 is 0. The third kappa shape index (κ3) is 2.66. The van der Waals surface area contributed by atoms with Gasteiger partial charge in [-0.1, -0.05) is 48.5 Å². The largest absolute Gasteiger partial charge is 0.289 e. The highest BCUT2D eigenvalue weighted by Crippen LogP contribution is 2.48. The normalized spacial score (nSPS) is 12.7. The first-order chi connectivity index (χ1) is 21.0. The smallest absolute Gasteiger partial charge is 0.195 e. The summed E-state index contributed by atoms with van der Waals surface area (Å²) in [6.45, 7) is 16.9. The van der Waals surface area contributed by atoms with Gasteiger partial charge < -0.3 is 0 Å². The average molecular weight is 569 g/mol. The molecule has 0 amide bonds. The van der Waals surface area contributed by atoms with Crippen LogP contribution in [0.3, 0.4) is 0 Å². The monoisotopic (exact) mass is 568 g/mol. The minimum atomic E-state index is -0.0172. The van der Waals surface area contributed by atoms with Crippen molar-refractivity contribution in [2.24, 2.45) is 0 Å². The molecule has 0 spiro atoms. The van der Waals surface area contributed by atoms with Crippen LogP contribution in [0.1, 0.15) is 44.5 Å². The van der Waals surface area contributed by atoms with Gasteiger partial charge in [-0.2, -0.15) is 0 Å². The predicted molar refractivity (Wildman–Crippen MR) is 190 cm³/mol. The van der Waals surface area contributed by atoms with Crippen LogP contribution >= 0.6 is 0 Å². The van der Waals surface area contributed by atoms with E-state index in [9.17, 15) is 9.59 Å². The van der Waals surface area contributed by atoms with E-state index in [1.807, 2.05) is 0 Å². The lowest BCUT2D eigenvalue weighted by Gasteiger charge is -2.15. The minimum Gasteiger partial charge on any atom is -0.289 e. The summed E-state index contributed by atoms with van der Waals surface area (Å²) in [5, 5.41) is 16.6. The Hall–Kier alpha value is -4.82. The van der Waals surface area contributed by atoms with Crippen LogP contribution in [-0.4, -0.2) is 0 Å². The number of aryl methyl sites for hydroxylation is 8. The Bertz CT molecular complexity index is 2540. The maximum absolute atomic E-state index is 15.0. The molecule has 0 aliphatic rings. The molecule has 2 nitrogen and oxygen atoms in total. The van der Waals surface area contributed by atoms with Gasteiger partial charge in [0.25, 0.3) is 0 Å². The Labute approximate surface area is 254 Å². The highest BCUT2D eigenvalue weighted by atomic mass is 16.1. The standard InChI is InChI=1S/C42H32O2/c1-17-9-13-25-14-10-18(2)28-32-22(6)36-35(21(5)31(32)27(17)39(25)28)41(43)37-23(7)33-29-19(3)11-15-26-16-12-20(4)30(40(26)29)34(33)24(8)38(37)42(36)44/h9-16H,1-8H3. The van der Waals surface area contributed by atoms with Crippen molar-refractivity contribution in [1.29, 1.82) is 0 Å². The second kappa shape index (κ2) is 8.01. The topological polar surface area (TPSA) is 34.1 Å². The Kier molecular flexibility index (Phi) is 4.67. The summed E-state index contributed by atoms with van der Waals surface area (Å²) in [6.07, 6.45) is 0. The molecular weight excluding hydrogens is 536 g/mol. The van der Waals surface area contributed by atoms with Gasteiger partial charge in [0, 0.05) is 21.5 Å². The van der Waals surface area contributed by atoms with Gasteiger partial charge in [-0.3, -0.25) is 9.59 Å². The zero-order valence-corrected chi connectivity index (χ0v) is 26.4. The molecule has 0 unspecified atom stereocenters. The maximum Gasteiger partial charge on any atom is 0.195 e. The Morgan fingerprint density at radius 3 is 0.727 bits per heavy atom. The van der Waals surface area contributed by atoms with Crippen LogP contribution in [0, 0.1) is 55.4 Å². The van der Waals surface area contributed by atoms with Crippen LogP contribution in [-0.2, 0) is 0 Å². The second-order valence-electron chi connectivity index (χ2n) is 13.4. The van der Waals surface area contributed by atoms with E-state index in [4.69, 9.17) is 0 Å². The molecule has 0 N–H and O–H groups in total. The Morgan fingerprint density at radius 2 is 0.500 bits per heavy atom. The Morgan fingerprint density at radius 1 is 0.273 bits per heavy atom. The van der Waals surface area contributed by atoms with Gasteiger partial charge in [-0.05, 0) is 165 Å². The number of hydrogen-bond acceptors (Lipinski definition) is 2. The fourth-order valence-corrected chi connectivity index (χ4v) is 9.18. The molecule has 0 atom stereocenters. The number of rotatable bonds is 0. The van der Waals surface area contributed by atoms with Gasteiger partial charge in [-0.25, -0.2) is 0 Å². The SMILES string of the molecule is Cc1c2c(=O)c3c(C)c4c(c(C)c3c(=O)c2c(C)c2c1c1c(C)ccc3ccc(C)c2c31)c1c(C)ccc2ccc(C)c4c21. The van der Waals surface area contributed by atoms with Crippen LogP contribution < -0.4 is 10.9 Å². The van der Waals surface area contributed by atoms with E-state index in [1.165, 1.54) is 65.3 Å². The summed E-state index contributed by atoms with van der Waals surface area (Å²) in [7, 11) is 0. The first-order valence-electron chi connectivity index (χ1n) is 15.6. The third-order valence-electron chi connectivity index (χ3n) is 11.1. The number of fused-ring (bicyclic) bond motifs is 8. The molecule has 0 heterocycles. The summed E-state index contributed by atoms with van der Waals surface area (Å²) in [6, 6.07) is 17.5. The van der Waals surface area contributed by atoms with Crippen molar-refractivity contribution >= 4 is 86.2 Å². The van der Waals surface area contributed by atoms with Crippen LogP contribution in [0.15, 0.2) is 58.1 Å². The second-order valence-corrected chi connectivity index (χ2v) is 13.4. The number of hydrogen-bond donors (Lipinski definition) is 0. The molecule has 44 heavy (non-hydrogen) atoms. The summed E-state index contributed by atoms with van der Waals surface area (Å²) >= 11 is 0. The molecule has 9 rings (SSSR count). The van der Waals surface area contributed by atoms with Crippen molar-refractivity contribution in [2.75, 3.05) is 0 Å². The van der Waals surface area contributed by atoms with E-state index in [0.29, 0.717) is 21.5 Å². The van der Waals surface area contributed by atoms with Crippen LogP contribution in [0.4, 0.5) is 0 Å². The third-order valence-corrected chi connectivity index (χ3v) is 11.1. The maximum atomic E-state index is 15.0. The van der Waals surface area contributed by atoms with Gasteiger partial charge in [-0.15, -0.1) is 0 Å². The average Bonchev–Trinajstić information content (AvgIpc) is 3.56. The molecule has 0 aliphatic carbocycles. The van der Waals surface area contributed by atoms with Crippen molar-refractivity contribution in [2.45, 2.75) is 55.4 Å². The lowest BCUT2D eigenvalue weighted by molar-refractivity contribution is 1.48. The van der Waals surface area contributed by atoms with Crippen LogP contribution in [0.25, 0.3) is 86.2 Å². The first-order valence-corrected chi connectivity index (χ1v) is 15.6. The van der Waals surface area contributed by atoms with E-state index >= 15 is 0 Å². The fraction of sp³-hybridized carbons (Fsp3) is 0.190. The van der Waals surface area contributed by atoms with Gasteiger partial charge in [0.15, 0.2) is 10.9 Å². The molecular formula is C42H32O2. The van der Waals surface area contributed by atoms with Gasteiger partial charge >= 0.3 is 0 Å². The molecule has 0 radical (unpaired) electrons. The van der Waals surface area contributed by atoms with Crippen LogP contribution in [0.2, 0.25) is 0 Å². The van der Waals surface area contributed by atoms with E-state index in [0.717, 1.165) is 43.8 Å². The van der Waals surface area contributed by atoms with Crippen molar-refractivity contribution in [1.82, 2.24) is 0 Å². The predicted octanol–water partition coefficient (Wildman–Crippen LogP) is 10.4. The quantitative estimate of drug-likeness (QED) is 0.171. The summed E-state index contributed by atoms with van der Waals surface area (Å²) in [5.74, 6) is 0. The highest BCUT2D eigenvalue weighted by Gasteiger charge is 2.28. The van der Waals surface area contributed by atoms with Gasteiger partial charge in [0.1, 0.15) is 0 Å². The summed E-state index contributed by atoms with van der Waals surface area (Å²) in [5.41, 5.74) is 8.44. The van der Waals surface area contributed by atoms with E-state index in [1.54, 1.807) is 0 Å². The molecule has 0 saturated carbocycles. The lowest BCUT2D eigenvalue weighted by Crippen LogP contribution is -2.17. The molecule has 9 aromatic carbocycles. The zero-order chi connectivity index (χ0) is 30.7. The van der Waals surface area contributed by atoms with E-state index in [-0.39, 0.29) is 10.9 Å². The zero-order valence-electron chi connectivity index (χ0n) is 26.4. The van der Waals surface area contributed by atoms with E-state index in [2.05, 4.69) is 104 Å². The number of benzene rings is 7. The van der Waals surface area contributed by atoms with Crippen molar-refractivity contribution in [3.8, 4) is 0 Å². The van der Waals surface area contributed by atoms with Crippen molar-refractivity contribution in [3.05, 3.63) is 113 Å². The molecule has 9 aromatic rings. The molecule has 212 valence electrons. The van der Waals surface area contributed by atoms with Crippen LogP contribution in [0.5, 0.6) is 0 Å². The molecule has 0 fully saturated rings. The molecule has 0 aromatic heterocycles. The lowest BCUT2D eigenvalue weighted by atomic mass is 9.86. The first kappa shape index (κ1) is 25.7. The highest BCUT2D eigenvalue weighted by molar-refractivity contribution is 6.37. The molecule has 2 heteroatoms. The minimum absolute atomic E-state index is 0.0172. The summed E-state index contributed by atoms with van der Waals surface area (Å²) in [4.78, 5) is 30.0. The van der Waals surface area contributed by atoms with E-state index < -0.39 is 0 Å². The Balaban J connectivity index is 1.64. The van der Waals surface area contributed by atoms with Gasteiger partial charge in [0.05, 0.1) is 0 Å². The van der Waals surface area contributed by atoms with Gasteiger partial charge in [0.2, 0.25) is 0 Å². The molecule has 0 bridgehead atoms. The van der Waals surface area contributed by atoms with Crippen molar-refractivity contribution in [3.63, 3.8) is 0 Å². The molecule has 0 saturated heterocycles. The fourth-order valence-electron chi connectivity index (χ4n) is 9.18. The van der Waals surface area contributed by atoms with Crippen molar-refractivity contribution < 1.29 is 0 Å².